The first kappa shape index (κ1) is 30.3. The summed E-state index contributed by atoms with van der Waals surface area (Å²) in [6.45, 7) is 28.4. The molecule has 196 valence electrons. The van der Waals surface area contributed by atoms with E-state index < -0.39 is 16.1 Å². The number of ether oxygens (including phenoxy) is 1. The van der Waals surface area contributed by atoms with Gasteiger partial charge in [-0.1, -0.05) is 119 Å². The molecule has 0 amide bonds. The molecule has 0 aliphatic rings. The first-order valence-corrected chi connectivity index (χ1v) is 18.4. The maximum atomic E-state index is 5.97. The fourth-order valence-electron chi connectivity index (χ4n) is 6.96. The van der Waals surface area contributed by atoms with Crippen molar-refractivity contribution in [3.05, 3.63) is 41.5 Å². The van der Waals surface area contributed by atoms with Gasteiger partial charge in [0, 0.05) is 10.9 Å². The number of hydrogen-bond donors (Lipinski definition) is 0. The topological polar surface area (TPSA) is 9.23 Å². The van der Waals surface area contributed by atoms with E-state index in [0.29, 0.717) is 33.2 Å². The first-order valence-electron chi connectivity index (χ1n) is 13.9. The van der Waals surface area contributed by atoms with Crippen molar-refractivity contribution in [3.8, 4) is 28.7 Å². The van der Waals surface area contributed by atoms with Gasteiger partial charge in [0.25, 0.3) is 0 Å². The summed E-state index contributed by atoms with van der Waals surface area (Å²) in [6.07, 6.45) is 0. The highest BCUT2D eigenvalue weighted by Crippen LogP contribution is 2.42. The van der Waals surface area contributed by atoms with Crippen molar-refractivity contribution in [2.24, 2.45) is 0 Å². The Bertz CT molecular complexity index is 1120. The molecule has 0 aromatic heterocycles. The van der Waals surface area contributed by atoms with Gasteiger partial charge < -0.3 is 4.74 Å². The van der Waals surface area contributed by atoms with Gasteiger partial charge >= 0.3 is 0 Å². The van der Waals surface area contributed by atoms with Crippen molar-refractivity contribution in [2.75, 3.05) is 7.11 Å². The third kappa shape index (κ3) is 5.49. The summed E-state index contributed by atoms with van der Waals surface area (Å²) in [5.41, 5.74) is 13.5. The maximum absolute atomic E-state index is 5.97. The highest BCUT2D eigenvalue weighted by atomic mass is 28.3. The Kier molecular flexibility index (Phi) is 10.1. The minimum Gasteiger partial charge on any atom is -0.495 e. The molecule has 3 heteroatoms. The van der Waals surface area contributed by atoms with Crippen LogP contribution in [0.15, 0.2) is 30.3 Å². The van der Waals surface area contributed by atoms with Crippen LogP contribution in [0.5, 0.6) is 5.75 Å². The summed E-state index contributed by atoms with van der Waals surface area (Å²) in [6, 6.07) is 10.8. The van der Waals surface area contributed by atoms with E-state index in [1.807, 2.05) is 0 Å². The smallest absolute Gasteiger partial charge is 0.146 e. The van der Waals surface area contributed by atoms with E-state index in [4.69, 9.17) is 4.74 Å². The molecule has 0 heterocycles. The number of fused-ring (bicyclic) bond motifs is 1. The summed E-state index contributed by atoms with van der Waals surface area (Å²) in [4.78, 5) is 0. The van der Waals surface area contributed by atoms with Crippen LogP contribution in [0.3, 0.4) is 0 Å². The molecule has 2 rings (SSSR count). The Morgan fingerprint density at radius 2 is 0.972 bits per heavy atom. The Morgan fingerprint density at radius 1 is 0.583 bits per heavy atom. The molecule has 0 spiro atoms. The van der Waals surface area contributed by atoms with Crippen LogP contribution in [0.2, 0.25) is 33.2 Å². The van der Waals surface area contributed by atoms with Crippen molar-refractivity contribution < 1.29 is 4.74 Å². The molecule has 0 unspecified atom stereocenters. The van der Waals surface area contributed by atoms with E-state index in [1.165, 1.54) is 5.39 Å². The molecule has 2 aromatic carbocycles. The zero-order valence-corrected chi connectivity index (χ0v) is 27.3. The van der Waals surface area contributed by atoms with Gasteiger partial charge in [-0.15, -0.1) is 11.1 Å². The number of benzene rings is 2. The molecule has 2 aromatic rings. The van der Waals surface area contributed by atoms with Crippen LogP contribution >= 0.6 is 0 Å². The molecule has 36 heavy (non-hydrogen) atoms. The zero-order chi connectivity index (χ0) is 27.4. The lowest BCUT2D eigenvalue weighted by molar-refractivity contribution is 0.414. The van der Waals surface area contributed by atoms with Crippen molar-refractivity contribution in [1.29, 1.82) is 0 Å². The second kappa shape index (κ2) is 12.1. The first-order chi connectivity index (χ1) is 16.8. The van der Waals surface area contributed by atoms with E-state index in [2.05, 4.69) is 136 Å². The predicted molar refractivity (Wildman–Crippen MR) is 166 cm³/mol. The van der Waals surface area contributed by atoms with Crippen molar-refractivity contribution in [2.45, 2.75) is 116 Å². The molecule has 1 nitrogen and oxygen atoms in total. The molecular weight excluding hydrogens is 469 g/mol. The summed E-state index contributed by atoms with van der Waals surface area (Å²) in [5.74, 6) is 8.23. The van der Waals surface area contributed by atoms with Crippen molar-refractivity contribution in [1.82, 2.24) is 0 Å². The summed E-state index contributed by atoms with van der Waals surface area (Å²) in [5, 5.41) is 2.33. The predicted octanol–water partition coefficient (Wildman–Crippen LogP) is 9.99. The molecule has 0 N–H and O–H groups in total. The lowest BCUT2D eigenvalue weighted by atomic mass is 9.99. The third-order valence-electron chi connectivity index (χ3n) is 8.78. The fraction of sp³-hybridized carbons (Fsp3) is 0.576. The van der Waals surface area contributed by atoms with E-state index in [-0.39, 0.29) is 0 Å². The Balaban J connectivity index is 2.87. The van der Waals surface area contributed by atoms with E-state index in [0.717, 1.165) is 22.3 Å². The third-order valence-corrected chi connectivity index (χ3v) is 21.4. The molecule has 0 saturated heterocycles. The van der Waals surface area contributed by atoms with E-state index >= 15 is 0 Å². The molecule has 0 aliphatic heterocycles. The summed E-state index contributed by atoms with van der Waals surface area (Å²) >= 11 is 0. The van der Waals surface area contributed by atoms with Crippen LogP contribution in [0, 0.1) is 22.9 Å². The van der Waals surface area contributed by atoms with Gasteiger partial charge in [-0.2, -0.15) is 0 Å². The number of methoxy groups -OCH3 is 1. The van der Waals surface area contributed by atoms with Gasteiger partial charge in [0.1, 0.15) is 21.9 Å². The average Bonchev–Trinajstić information content (AvgIpc) is 2.78. The van der Waals surface area contributed by atoms with Gasteiger partial charge in [0.2, 0.25) is 0 Å². The largest absolute Gasteiger partial charge is 0.495 e. The van der Waals surface area contributed by atoms with E-state index in [1.54, 1.807) is 7.11 Å². The van der Waals surface area contributed by atoms with Gasteiger partial charge in [-0.3, -0.25) is 0 Å². The lowest BCUT2D eigenvalue weighted by Gasteiger charge is -2.38. The summed E-state index contributed by atoms with van der Waals surface area (Å²) in [7, 11) is -1.94. The van der Waals surface area contributed by atoms with Gasteiger partial charge in [0.15, 0.2) is 0 Å². The van der Waals surface area contributed by atoms with Crippen LogP contribution < -0.4 is 4.74 Å². The summed E-state index contributed by atoms with van der Waals surface area (Å²) < 4.78 is 5.97. The van der Waals surface area contributed by atoms with Crippen LogP contribution in [0.1, 0.15) is 94.2 Å². The second-order valence-corrected chi connectivity index (χ2v) is 23.5. The highest BCUT2D eigenvalue weighted by Gasteiger charge is 2.42. The molecule has 0 aliphatic carbocycles. The van der Waals surface area contributed by atoms with Gasteiger partial charge in [-0.25, -0.2) is 0 Å². The Morgan fingerprint density at radius 3 is 1.36 bits per heavy atom. The van der Waals surface area contributed by atoms with Gasteiger partial charge in [0.05, 0.1) is 12.7 Å². The molecular formula is C33H50OSi2. The molecule has 0 bridgehead atoms. The van der Waals surface area contributed by atoms with Crippen molar-refractivity contribution >= 4 is 26.9 Å². The number of rotatable bonds is 7. The lowest BCUT2D eigenvalue weighted by Crippen LogP contribution is -2.43. The van der Waals surface area contributed by atoms with Gasteiger partial charge in [-0.05, 0) is 44.7 Å². The zero-order valence-electron chi connectivity index (χ0n) is 25.3. The minimum atomic E-state index is -1.86. The SMILES string of the molecule is COc1cc(C#C[Si](C(C)C)(C(C)C)C(C)C)c2ccccc2c1C#C[Si](C(C)C)(C(C)C)C(C)C. The average molecular weight is 519 g/mol. The van der Waals surface area contributed by atoms with Crippen LogP contribution in [-0.2, 0) is 0 Å². The monoisotopic (exact) mass is 518 g/mol. The fourth-order valence-corrected chi connectivity index (χ4v) is 17.4. The normalized spacial score (nSPS) is 12.5. The Hall–Kier alpha value is -1.95. The number of hydrogen-bond acceptors (Lipinski definition) is 1. The molecule has 0 fully saturated rings. The quantitative estimate of drug-likeness (QED) is 0.262. The van der Waals surface area contributed by atoms with Crippen LogP contribution in [-0.4, -0.2) is 23.3 Å². The second-order valence-electron chi connectivity index (χ2n) is 12.3. The van der Waals surface area contributed by atoms with Crippen LogP contribution in [0.25, 0.3) is 10.8 Å². The van der Waals surface area contributed by atoms with Crippen molar-refractivity contribution in [3.63, 3.8) is 0 Å². The van der Waals surface area contributed by atoms with E-state index in [9.17, 15) is 0 Å². The Labute approximate surface area is 224 Å². The van der Waals surface area contributed by atoms with Crippen LogP contribution in [0.4, 0.5) is 0 Å². The highest BCUT2D eigenvalue weighted by molar-refractivity contribution is 6.91. The standard InChI is InChI=1S/C33H50OSi2/c1-23(2)35(24(3)4,25(5)6)20-18-29-22-33(34-13)32(31-17-15-14-16-30(29)31)19-21-36(26(7)8,27(9)10)28(11)12/h14-17,22-28H,1-13H3. The molecule has 0 atom stereocenters. The maximum Gasteiger partial charge on any atom is 0.146 e. The molecule has 0 saturated carbocycles. The minimum absolute atomic E-state index is 0.591. The molecule has 0 radical (unpaired) electrons.